The molecule has 4 aromatic rings. The highest BCUT2D eigenvalue weighted by atomic mass is 16.5. The normalized spacial score (nSPS) is 11.0. The number of nitrogens with zero attached hydrogens (tertiary/aromatic N) is 5. The molecular formula is C17H14N6O3. The van der Waals surface area contributed by atoms with E-state index >= 15 is 0 Å². The SMILES string of the molecule is COC(=O)Nc1nc(O)c2c(cnn2Cc2cccc3cccnc23)n1. The van der Waals surface area contributed by atoms with Gasteiger partial charge in [0, 0.05) is 11.6 Å². The zero-order valence-corrected chi connectivity index (χ0v) is 13.7. The molecule has 3 aromatic heterocycles. The van der Waals surface area contributed by atoms with Gasteiger partial charge in [-0.1, -0.05) is 24.3 Å². The van der Waals surface area contributed by atoms with Crippen LogP contribution in [0.1, 0.15) is 5.56 Å². The largest absolute Gasteiger partial charge is 0.492 e. The highest BCUT2D eigenvalue weighted by Crippen LogP contribution is 2.25. The van der Waals surface area contributed by atoms with E-state index < -0.39 is 6.09 Å². The molecule has 1 amide bonds. The predicted molar refractivity (Wildman–Crippen MR) is 93.9 cm³/mol. The summed E-state index contributed by atoms with van der Waals surface area (Å²) < 4.78 is 6.09. The number of carbonyl (C=O) groups excluding carboxylic acids is 1. The predicted octanol–water partition coefficient (Wildman–Crippen LogP) is 2.31. The number of carbonyl (C=O) groups is 1. The summed E-state index contributed by atoms with van der Waals surface area (Å²) in [6, 6.07) is 9.75. The Balaban J connectivity index is 1.74. The first-order chi connectivity index (χ1) is 12.7. The Hall–Kier alpha value is -3.75. The van der Waals surface area contributed by atoms with Crippen molar-refractivity contribution in [2.24, 2.45) is 0 Å². The van der Waals surface area contributed by atoms with Crippen LogP contribution in [0.4, 0.5) is 10.7 Å². The van der Waals surface area contributed by atoms with Gasteiger partial charge in [0.2, 0.25) is 11.8 Å². The zero-order valence-electron chi connectivity index (χ0n) is 13.7. The molecule has 0 unspecified atom stereocenters. The third-order valence-corrected chi connectivity index (χ3v) is 3.91. The minimum atomic E-state index is -0.724. The Morgan fingerprint density at radius 1 is 1.27 bits per heavy atom. The lowest BCUT2D eigenvalue weighted by Gasteiger charge is -2.08. The van der Waals surface area contributed by atoms with Gasteiger partial charge >= 0.3 is 6.09 Å². The van der Waals surface area contributed by atoms with Crippen molar-refractivity contribution >= 4 is 34.0 Å². The van der Waals surface area contributed by atoms with Gasteiger partial charge in [0.15, 0.2) is 0 Å². The van der Waals surface area contributed by atoms with Crippen LogP contribution in [0.2, 0.25) is 0 Å². The number of amides is 1. The van der Waals surface area contributed by atoms with E-state index in [1.807, 2.05) is 30.3 Å². The monoisotopic (exact) mass is 350 g/mol. The molecule has 0 saturated heterocycles. The highest BCUT2D eigenvalue weighted by Gasteiger charge is 2.15. The molecule has 0 bridgehead atoms. The van der Waals surface area contributed by atoms with Crippen molar-refractivity contribution in [3.05, 3.63) is 48.3 Å². The minimum absolute atomic E-state index is 0.0618. The second-order valence-corrected chi connectivity index (χ2v) is 5.52. The van der Waals surface area contributed by atoms with Gasteiger partial charge in [0.05, 0.1) is 25.4 Å². The molecule has 9 nitrogen and oxygen atoms in total. The first-order valence-electron chi connectivity index (χ1n) is 7.76. The van der Waals surface area contributed by atoms with Gasteiger partial charge in [-0.15, -0.1) is 0 Å². The molecule has 0 fully saturated rings. The van der Waals surface area contributed by atoms with Crippen molar-refractivity contribution in [3.8, 4) is 5.88 Å². The second-order valence-electron chi connectivity index (χ2n) is 5.52. The minimum Gasteiger partial charge on any atom is -0.492 e. The summed E-state index contributed by atoms with van der Waals surface area (Å²) in [4.78, 5) is 23.7. The van der Waals surface area contributed by atoms with Gasteiger partial charge in [-0.05, 0) is 11.6 Å². The van der Waals surface area contributed by atoms with Crippen molar-refractivity contribution in [2.75, 3.05) is 12.4 Å². The molecule has 0 aliphatic heterocycles. The van der Waals surface area contributed by atoms with Gasteiger partial charge < -0.3 is 9.84 Å². The number of ether oxygens (including phenoxy) is 1. The lowest BCUT2D eigenvalue weighted by molar-refractivity contribution is 0.186. The van der Waals surface area contributed by atoms with E-state index in [0.717, 1.165) is 16.5 Å². The van der Waals surface area contributed by atoms with Crippen LogP contribution in [0.25, 0.3) is 21.9 Å². The van der Waals surface area contributed by atoms with Crippen LogP contribution in [0.5, 0.6) is 5.88 Å². The Morgan fingerprint density at radius 2 is 2.12 bits per heavy atom. The first-order valence-corrected chi connectivity index (χ1v) is 7.76. The standard InChI is InChI=1S/C17H14N6O3/c1-26-17(25)22-16-20-12-8-19-23(14(12)15(24)21-16)9-11-5-2-4-10-6-3-7-18-13(10)11/h2-8H,9H2,1H3,(H2,20,21,22,24,25). The number of pyridine rings is 1. The van der Waals surface area contributed by atoms with Crippen LogP contribution in [-0.4, -0.2) is 43.0 Å². The van der Waals surface area contributed by atoms with Crippen LogP contribution in [-0.2, 0) is 11.3 Å². The maximum atomic E-state index is 11.3. The number of benzene rings is 1. The number of para-hydroxylation sites is 1. The Morgan fingerprint density at radius 3 is 2.96 bits per heavy atom. The van der Waals surface area contributed by atoms with Crippen molar-refractivity contribution in [1.82, 2.24) is 24.7 Å². The number of aromatic nitrogens is 5. The Kier molecular flexibility index (Phi) is 3.81. The molecule has 9 heteroatoms. The number of nitrogens with one attached hydrogen (secondary N) is 1. The summed E-state index contributed by atoms with van der Waals surface area (Å²) in [6.07, 6.45) is 2.51. The van der Waals surface area contributed by atoms with Crippen LogP contribution < -0.4 is 5.32 Å². The molecule has 4 rings (SSSR count). The summed E-state index contributed by atoms with van der Waals surface area (Å²) in [5, 5.41) is 17.9. The van der Waals surface area contributed by atoms with Crippen molar-refractivity contribution in [2.45, 2.75) is 6.54 Å². The molecule has 2 N–H and O–H groups in total. The lowest BCUT2D eigenvalue weighted by Crippen LogP contribution is -2.13. The fourth-order valence-corrected chi connectivity index (χ4v) is 2.75. The average molecular weight is 350 g/mol. The summed E-state index contributed by atoms with van der Waals surface area (Å²) >= 11 is 0. The van der Waals surface area contributed by atoms with Crippen LogP contribution in [0, 0.1) is 0 Å². The van der Waals surface area contributed by atoms with Crippen LogP contribution >= 0.6 is 0 Å². The molecule has 130 valence electrons. The van der Waals surface area contributed by atoms with Gasteiger partial charge in [-0.25, -0.2) is 9.78 Å². The van der Waals surface area contributed by atoms with Gasteiger partial charge in [0.1, 0.15) is 11.0 Å². The Labute approximate surface area is 147 Å². The average Bonchev–Trinajstić information content (AvgIpc) is 3.05. The molecule has 0 aliphatic carbocycles. The van der Waals surface area contributed by atoms with Crippen molar-refractivity contribution < 1.29 is 14.6 Å². The van der Waals surface area contributed by atoms with E-state index in [2.05, 4.69) is 30.1 Å². The summed E-state index contributed by atoms with van der Waals surface area (Å²) in [5.74, 6) is -0.347. The van der Waals surface area contributed by atoms with E-state index in [-0.39, 0.29) is 11.8 Å². The van der Waals surface area contributed by atoms with E-state index in [0.29, 0.717) is 17.6 Å². The fraction of sp³-hybridized carbons (Fsp3) is 0.118. The number of rotatable bonds is 3. The van der Waals surface area contributed by atoms with E-state index in [1.165, 1.54) is 13.3 Å². The quantitative estimate of drug-likeness (QED) is 0.582. The van der Waals surface area contributed by atoms with Crippen molar-refractivity contribution in [1.29, 1.82) is 0 Å². The van der Waals surface area contributed by atoms with Gasteiger partial charge in [0.25, 0.3) is 0 Å². The maximum Gasteiger partial charge on any atom is 0.413 e. The maximum absolute atomic E-state index is 11.3. The molecule has 0 atom stereocenters. The van der Waals surface area contributed by atoms with E-state index in [9.17, 15) is 9.90 Å². The van der Waals surface area contributed by atoms with Crippen molar-refractivity contribution in [3.63, 3.8) is 0 Å². The summed E-state index contributed by atoms with van der Waals surface area (Å²) in [6.45, 7) is 0.387. The summed E-state index contributed by atoms with van der Waals surface area (Å²) in [5.41, 5.74) is 2.58. The van der Waals surface area contributed by atoms with Crippen LogP contribution in [0.15, 0.2) is 42.7 Å². The van der Waals surface area contributed by atoms with Gasteiger partial charge in [-0.3, -0.25) is 15.0 Å². The van der Waals surface area contributed by atoms with Gasteiger partial charge in [-0.2, -0.15) is 10.1 Å². The molecule has 0 radical (unpaired) electrons. The first kappa shape index (κ1) is 15.8. The molecular weight excluding hydrogens is 336 g/mol. The molecule has 26 heavy (non-hydrogen) atoms. The Bertz CT molecular complexity index is 1120. The van der Waals surface area contributed by atoms with E-state index in [1.54, 1.807) is 10.9 Å². The summed E-state index contributed by atoms with van der Waals surface area (Å²) in [7, 11) is 1.23. The molecule has 0 saturated carbocycles. The molecule has 3 heterocycles. The number of anilines is 1. The third kappa shape index (κ3) is 2.75. The number of fused-ring (bicyclic) bond motifs is 2. The van der Waals surface area contributed by atoms with E-state index in [4.69, 9.17) is 0 Å². The number of methoxy groups -OCH3 is 1. The number of hydrogen-bond donors (Lipinski definition) is 2. The molecule has 0 spiro atoms. The molecule has 0 aliphatic rings. The highest BCUT2D eigenvalue weighted by molar-refractivity contribution is 5.86. The fourth-order valence-electron chi connectivity index (χ4n) is 2.75. The smallest absolute Gasteiger partial charge is 0.413 e. The topological polar surface area (TPSA) is 115 Å². The second kappa shape index (κ2) is 6.28. The van der Waals surface area contributed by atoms with Crippen LogP contribution in [0.3, 0.4) is 0 Å². The third-order valence-electron chi connectivity index (χ3n) is 3.91. The lowest BCUT2D eigenvalue weighted by atomic mass is 10.1. The number of aromatic hydroxyl groups is 1. The molecule has 1 aromatic carbocycles. The number of hydrogen-bond acceptors (Lipinski definition) is 7. The zero-order chi connectivity index (χ0) is 18.1.